The molecule has 9 heteroatoms. The Labute approximate surface area is 147 Å². The molecule has 0 saturated carbocycles. The minimum Gasteiger partial charge on any atom is -0.480 e. The summed E-state index contributed by atoms with van der Waals surface area (Å²) in [5, 5.41) is 16.3. The maximum atomic E-state index is 11.6. The summed E-state index contributed by atoms with van der Waals surface area (Å²) in [4.78, 5) is 44.8. The molecule has 0 atom stereocenters. The number of esters is 1. The molecule has 144 valence electrons. The molecule has 0 rings (SSSR count). The number of carboxylic acid groups (broad SMARTS) is 1. The Morgan fingerprint density at radius 3 is 2.00 bits per heavy atom. The average molecular weight is 359 g/mol. The van der Waals surface area contributed by atoms with Gasteiger partial charge in [-0.3, -0.25) is 19.2 Å². The second-order valence-electron chi connectivity index (χ2n) is 6.49. The van der Waals surface area contributed by atoms with Gasteiger partial charge in [-0.1, -0.05) is 0 Å². The second kappa shape index (κ2) is 12.2. The summed E-state index contributed by atoms with van der Waals surface area (Å²) in [6.45, 7) is 5.76. The van der Waals surface area contributed by atoms with Crippen molar-refractivity contribution in [2.45, 2.75) is 52.1 Å². The lowest BCUT2D eigenvalue weighted by Gasteiger charge is -2.19. The molecule has 9 nitrogen and oxygen atoms in total. The van der Waals surface area contributed by atoms with Gasteiger partial charge in [-0.05, 0) is 40.2 Å². The third-order valence-corrected chi connectivity index (χ3v) is 2.79. The third kappa shape index (κ3) is 16.5. The molecule has 0 aliphatic carbocycles. The van der Waals surface area contributed by atoms with Crippen LogP contribution in [0.2, 0.25) is 0 Å². The standard InChI is InChI=1S/C16H29N3O6/c1-16(2,3)25-15(24)11-19-13(21)7-5-9-18-12(20)6-4-8-17-10-14(22)23/h17H,4-11H2,1-3H3,(H,18,20)(H,19,21)(H,22,23). The molecule has 0 unspecified atom stereocenters. The fourth-order valence-corrected chi connectivity index (χ4v) is 1.77. The fourth-order valence-electron chi connectivity index (χ4n) is 1.77. The molecule has 0 fully saturated rings. The van der Waals surface area contributed by atoms with Gasteiger partial charge in [0.05, 0.1) is 6.54 Å². The first-order valence-corrected chi connectivity index (χ1v) is 8.28. The number of carboxylic acids is 1. The van der Waals surface area contributed by atoms with Crippen molar-refractivity contribution in [2.75, 3.05) is 26.2 Å². The lowest BCUT2D eigenvalue weighted by molar-refractivity contribution is -0.154. The highest BCUT2D eigenvalue weighted by molar-refractivity contribution is 5.82. The molecule has 25 heavy (non-hydrogen) atoms. The van der Waals surface area contributed by atoms with E-state index < -0.39 is 17.5 Å². The molecular formula is C16H29N3O6. The lowest BCUT2D eigenvalue weighted by Crippen LogP contribution is -2.35. The van der Waals surface area contributed by atoms with E-state index in [0.29, 0.717) is 25.9 Å². The zero-order chi connectivity index (χ0) is 19.3. The van der Waals surface area contributed by atoms with Gasteiger partial charge in [0.2, 0.25) is 11.8 Å². The molecule has 0 radical (unpaired) electrons. The van der Waals surface area contributed by atoms with Crippen molar-refractivity contribution in [3.05, 3.63) is 0 Å². The number of hydrogen-bond acceptors (Lipinski definition) is 6. The molecule has 0 aliphatic rings. The highest BCUT2D eigenvalue weighted by atomic mass is 16.6. The van der Waals surface area contributed by atoms with Gasteiger partial charge in [0.25, 0.3) is 0 Å². The van der Waals surface area contributed by atoms with Crippen molar-refractivity contribution in [1.29, 1.82) is 0 Å². The second-order valence-corrected chi connectivity index (χ2v) is 6.49. The predicted octanol–water partition coefficient (Wildman–Crippen LogP) is -0.205. The monoisotopic (exact) mass is 359 g/mol. The molecule has 0 aromatic heterocycles. The van der Waals surface area contributed by atoms with Crippen molar-refractivity contribution in [2.24, 2.45) is 0 Å². The number of rotatable bonds is 12. The van der Waals surface area contributed by atoms with E-state index in [-0.39, 0.29) is 37.7 Å². The SMILES string of the molecule is CC(C)(C)OC(=O)CNC(=O)CCCNC(=O)CCCNCC(=O)O. The molecule has 0 bridgehead atoms. The van der Waals surface area contributed by atoms with Crippen molar-refractivity contribution < 1.29 is 29.0 Å². The van der Waals surface area contributed by atoms with E-state index in [2.05, 4.69) is 16.0 Å². The van der Waals surface area contributed by atoms with Crippen LogP contribution in [0, 0.1) is 0 Å². The van der Waals surface area contributed by atoms with E-state index in [0.717, 1.165) is 0 Å². The number of ether oxygens (including phenoxy) is 1. The minimum atomic E-state index is -0.936. The summed E-state index contributed by atoms with van der Waals surface area (Å²) in [6.07, 6.45) is 1.49. The lowest BCUT2D eigenvalue weighted by atomic mass is 10.2. The molecule has 0 heterocycles. The van der Waals surface area contributed by atoms with Crippen LogP contribution in [0.3, 0.4) is 0 Å². The van der Waals surface area contributed by atoms with Crippen LogP contribution in [0.25, 0.3) is 0 Å². The van der Waals surface area contributed by atoms with Crippen molar-refractivity contribution in [3.63, 3.8) is 0 Å². The smallest absolute Gasteiger partial charge is 0.325 e. The van der Waals surface area contributed by atoms with E-state index in [1.807, 2.05) is 0 Å². The van der Waals surface area contributed by atoms with Gasteiger partial charge in [-0.25, -0.2) is 0 Å². The molecule has 0 aliphatic heterocycles. The Morgan fingerprint density at radius 1 is 0.880 bits per heavy atom. The van der Waals surface area contributed by atoms with Gasteiger partial charge >= 0.3 is 11.9 Å². The van der Waals surface area contributed by atoms with Crippen LogP contribution in [-0.2, 0) is 23.9 Å². The molecule has 4 N–H and O–H groups in total. The minimum absolute atomic E-state index is 0.125. The largest absolute Gasteiger partial charge is 0.480 e. The van der Waals surface area contributed by atoms with Crippen molar-refractivity contribution in [1.82, 2.24) is 16.0 Å². The van der Waals surface area contributed by atoms with Crippen LogP contribution in [-0.4, -0.2) is 60.6 Å². The van der Waals surface area contributed by atoms with E-state index in [9.17, 15) is 19.2 Å². The normalized spacial score (nSPS) is 10.8. The summed E-state index contributed by atoms with van der Waals surface area (Å²) in [5.74, 6) is -1.86. The highest BCUT2D eigenvalue weighted by Gasteiger charge is 2.16. The van der Waals surface area contributed by atoms with Crippen LogP contribution in [0.15, 0.2) is 0 Å². The maximum absolute atomic E-state index is 11.6. The van der Waals surface area contributed by atoms with Crippen LogP contribution in [0.1, 0.15) is 46.5 Å². The topological polar surface area (TPSA) is 134 Å². The van der Waals surface area contributed by atoms with Gasteiger partial charge in [0.1, 0.15) is 12.1 Å². The van der Waals surface area contributed by atoms with Gasteiger partial charge in [-0.2, -0.15) is 0 Å². The van der Waals surface area contributed by atoms with Crippen LogP contribution < -0.4 is 16.0 Å². The van der Waals surface area contributed by atoms with Gasteiger partial charge in [0, 0.05) is 19.4 Å². The third-order valence-electron chi connectivity index (χ3n) is 2.79. The number of carbonyl (C=O) groups excluding carboxylic acids is 3. The summed E-state index contributed by atoms with van der Waals surface area (Å²) < 4.78 is 5.06. The summed E-state index contributed by atoms with van der Waals surface area (Å²) in [7, 11) is 0. The van der Waals surface area contributed by atoms with E-state index >= 15 is 0 Å². The molecule has 2 amide bonds. The number of aliphatic carboxylic acids is 1. The Bertz CT molecular complexity index is 459. The maximum Gasteiger partial charge on any atom is 0.325 e. The van der Waals surface area contributed by atoms with Crippen LogP contribution in [0.4, 0.5) is 0 Å². The quantitative estimate of drug-likeness (QED) is 0.280. The summed E-state index contributed by atoms with van der Waals surface area (Å²) in [6, 6.07) is 0. The number of carbonyl (C=O) groups is 4. The Balaban J connectivity index is 3.60. The number of nitrogens with one attached hydrogen (secondary N) is 3. The molecule has 0 saturated heterocycles. The zero-order valence-electron chi connectivity index (χ0n) is 15.1. The first-order valence-electron chi connectivity index (χ1n) is 8.28. The number of hydrogen-bond donors (Lipinski definition) is 4. The van der Waals surface area contributed by atoms with Crippen LogP contribution in [0.5, 0.6) is 0 Å². The van der Waals surface area contributed by atoms with E-state index in [1.54, 1.807) is 20.8 Å². The predicted molar refractivity (Wildman–Crippen MR) is 90.8 cm³/mol. The van der Waals surface area contributed by atoms with E-state index in [4.69, 9.17) is 9.84 Å². The van der Waals surface area contributed by atoms with E-state index in [1.165, 1.54) is 0 Å². The molecule has 0 aromatic rings. The summed E-state index contributed by atoms with van der Waals surface area (Å²) in [5.41, 5.74) is -0.588. The first kappa shape index (κ1) is 22.8. The average Bonchev–Trinajstić information content (AvgIpc) is 2.47. The summed E-state index contributed by atoms with van der Waals surface area (Å²) >= 11 is 0. The van der Waals surface area contributed by atoms with Gasteiger partial charge in [-0.15, -0.1) is 0 Å². The van der Waals surface area contributed by atoms with Crippen LogP contribution >= 0.6 is 0 Å². The highest BCUT2D eigenvalue weighted by Crippen LogP contribution is 2.06. The Hall–Kier alpha value is -2.16. The van der Waals surface area contributed by atoms with Crippen molar-refractivity contribution in [3.8, 4) is 0 Å². The Morgan fingerprint density at radius 2 is 1.44 bits per heavy atom. The van der Waals surface area contributed by atoms with Crippen molar-refractivity contribution >= 4 is 23.8 Å². The molecule has 0 spiro atoms. The molecular weight excluding hydrogens is 330 g/mol. The van der Waals surface area contributed by atoms with Gasteiger partial charge < -0.3 is 25.8 Å². The zero-order valence-corrected chi connectivity index (χ0v) is 15.1. The fraction of sp³-hybridized carbons (Fsp3) is 0.750. The number of amides is 2. The first-order chi connectivity index (χ1) is 11.6. The van der Waals surface area contributed by atoms with Gasteiger partial charge in [0.15, 0.2) is 0 Å². The molecule has 0 aromatic carbocycles. The Kier molecular flexibility index (Phi) is 11.2.